The van der Waals surface area contributed by atoms with Crippen molar-refractivity contribution in [1.82, 2.24) is 0 Å². The molecule has 0 spiro atoms. The third kappa shape index (κ3) is 5.53. The van der Waals surface area contributed by atoms with E-state index in [1.54, 1.807) is 30.3 Å². The van der Waals surface area contributed by atoms with Crippen LogP contribution in [0.25, 0.3) is 10.4 Å². The van der Waals surface area contributed by atoms with Gasteiger partial charge in [-0.3, -0.25) is 19.8 Å². The molecule has 0 aliphatic rings. The average molecular weight is 489 g/mol. The minimum atomic E-state index is -1.49. The van der Waals surface area contributed by atoms with Gasteiger partial charge in [-0.2, -0.15) is 0 Å². The van der Waals surface area contributed by atoms with Crippen LogP contribution in [-0.4, -0.2) is 22.1 Å². The molecule has 0 saturated carbocycles. The fourth-order valence-corrected chi connectivity index (χ4v) is 4.48. The van der Waals surface area contributed by atoms with E-state index in [2.05, 4.69) is 0 Å². The molecule has 0 bridgehead atoms. The van der Waals surface area contributed by atoms with E-state index in [1.807, 2.05) is 49.4 Å². The Morgan fingerprint density at radius 3 is 2.26 bits per heavy atom. The second kappa shape index (κ2) is 10.2. The minimum Gasteiger partial charge on any atom is -0.449 e. The molecule has 0 fully saturated rings. The van der Waals surface area contributed by atoms with Crippen molar-refractivity contribution in [2.24, 2.45) is 0 Å². The number of ether oxygens (including phenoxy) is 1. The van der Waals surface area contributed by atoms with Crippen LogP contribution in [0.15, 0.2) is 84.9 Å². The van der Waals surface area contributed by atoms with Crippen molar-refractivity contribution >= 4 is 34.8 Å². The van der Waals surface area contributed by atoms with Gasteiger partial charge in [0.25, 0.3) is 11.6 Å². The van der Waals surface area contributed by atoms with Gasteiger partial charge in [0.1, 0.15) is 0 Å². The molecule has 0 aliphatic heterocycles. The van der Waals surface area contributed by atoms with Crippen molar-refractivity contribution in [2.45, 2.75) is 13.5 Å². The van der Waals surface area contributed by atoms with E-state index in [1.165, 1.54) is 17.0 Å². The van der Waals surface area contributed by atoms with Gasteiger partial charge in [-0.15, -0.1) is 0 Å². The summed E-state index contributed by atoms with van der Waals surface area (Å²) in [5, 5.41) is 20.4. The van der Waals surface area contributed by atoms with Crippen LogP contribution in [0.1, 0.15) is 21.5 Å². The van der Waals surface area contributed by atoms with Gasteiger partial charge in [0.05, 0.1) is 17.2 Å². The molecular formula is C26H20N2O6S. The second-order valence-electron chi connectivity index (χ2n) is 7.70. The van der Waals surface area contributed by atoms with Crippen LogP contribution < -0.4 is 9.64 Å². The highest BCUT2D eigenvalue weighted by Gasteiger charge is 2.26. The van der Waals surface area contributed by atoms with Gasteiger partial charge in [0, 0.05) is 22.6 Å². The lowest BCUT2D eigenvalue weighted by Crippen LogP contribution is -2.30. The zero-order valence-electron chi connectivity index (χ0n) is 18.6. The van der Waals surface area contributed by atoms with Crippen LogP contribution >= 0.6 is 11.3 Å². The smallest absolute Gasteiger partial charge is 0.449 e. The molecule has 0 aliphatic carbocycles. The van der Waals surface area contributed by atoms with Crippen LogP contribution in [0, 0.1) is 17.0 Å². The maximum Gasteiger partial charge on any atom is 0.512 e. The number of carboxylic acid groups (broad SMARTS) is 1. The number of anilines is 1. The highest BCUT2D eigenvalue weighted by Crippen LogP contribution is 2.44. The minimum absolute atomic E-state index is 0.0473. The van der Waals surface area contributed by atoms with Crippen molar-refractivity contribution in [1.29, 1.82) is 0 Å². The molecule has 0 unspecified atom stereocenters. The fourth-order valence-electron chi connectivity index (χ4n) is 3.47. The molecule has 1 N–H and O–H groups in total. The van der Waals surface area contributed by atoms with Gasteiger partial charge in [0.15, 0.2) is 0 Å². The number of carbonyl (C=O) groups is 2. The first-order valence-electron chi connectivity index (χ1n) is 10.5. The van der Waals surface area contributed by atoms with E-state index in [-0.39, 0.29) is 23.2 Å². The molecule has 0 atom stereocenters. The summed E-state index contributed by atoms with van der Waals surface area (Å²) in [6.07, 6.45) is -1.49. The first-order chi connectivity index (χ1) is 16.8. The highest BCUT2D eigenvalue weighted by atomic mass is 32.1. The summed E-state index contributed by atoms with van der Waals surface area (Å²) in [5.41, 5.74) is 3.09. The number of nitro benzene ring substituents is 1. The molecule has 1 aromatic heterocycles. The van der Waals surface area contributed by atoms with Crippen LogP contribution in [0.2, 0.25) is 0 Å². The van der Waals surface area contributed by atoms with Crippen molar-refractivity contribution in [2.75, 3.05) is 4.90 Å². The Hall–Kier alpha value is -4.50. The Morgan fingerprint density at radius 2 is 1.66 bits per heavy atom. The van der Waals surface area contributed by atoms with E-state index in [4.69, 9.17) is 4.74 Å². The van der Waals surface area contributed by atoms with E-state index >= 15 is 0 Å². The van der Waals surface area contributed by atoms with Gasteiger partial charge in [-0.05, 0) is 36.2 Å². The standard InChI is InChI=1S/C26H20N2O6S/c1-17-7-11-20(12-8-17)24(29)27(16-18-9-13-21(14-10-18)28(32)33)22-15-23(19-5-3-2-4-6-19)35-25(22)34-26(30)31/h2-15H,16H2,1H3,(H,30,31). The summed E-state index contributed by atoms with van der Waals surface area (Å²) in [6.45, 7) is 1.96. The van der Waals surface area contributed by atoms with Gasteiger partial charge in [-0.25, -0.2) is 4.79 Å². The van der Waals surface area contributed by atoms with Crippen LogP contribution in [-0.2, 0) is 6.54 Å². The lowest BCUT2D eigenvalue weighted by atomic mass is 10.1. The monoisotopic (exact) mass is 488 g/mol. The Kier molecular flexibility index (Phi) is 6.88. The SMILES string of the molecule is Cc1ccc(C(=O)N(Cc2ccc([N+](=O)[O-])cc2)c2cc(-c3ccccc3)sc2OC(=O)O)cc1. The number of aryl methyl sites for hydroxylation is 1. The normalized spacial score (nSPS) is 10.5. The van der Waals surface area contributed by atoms with Gasteiger partial charge in [0.2, 0.25) is 5.06 Å². The van der Waals surface area contributed by atoms with Gasteiger partial charge >= 0.3 is 6.16 Å². The molecule has 4 rings (SSSR count). The van der Waals surface area contributed by atoms with Crippen molar-refractivity contribution in [3.8, 4) is 15.5 Å². The van der Waals surface area contributed by atoms with Crippen molar-refractivity contribution in [3.63, 3.8) is 0 Å². The summed E-state index contributed by atoms with van der Waals surface area (Å²) in [5.74, 6) is -0.365. The number of nitrogens with zero attached hydrogens (tertiary/aromatic N) is 2. The molecule has 176 valence electrons. The molecule has 0 saturated heterocycles. The van der Waals surface area contributed by atoms with Crippen LogP contribution in [0.4, 0.5) is 16.2 Å². The number of thiophene rings is 1. The number of amides is 1. The van der Waals surface area contributed by atoms with Crippen LogP contribution in [0.3, 0.4) is 0 Å². The fraction of sp³-hybridized carbons (Fsp3) is 0.0769. The van der Waals surface area contributed by atoms with Gasteiger partial charge in [-0.1, -0.05) is 71.5 Å². The molecule has 8 nitrogen and oxygen atoms in total. The number of rotatable bonds is 7. The number of nitro groups is 1. The molecule has 1 heterocycles. The van der Waals surface area contributed by atoms with E-state index in [9.17, 15) is 24.8 Å². The Balaban J connectivity index is 1.80. The molecule has 3 aromatic carbocycles. The lowest BCUT2D eigenvalue weighted by molar-refractivity contribution is -0.384. The van der Waals surface area contributed by atoms with E-state index < -0.39 is 11.1 Å². The second-order valence-corrected chi connectivity index (χ2v) is 8.71. The van der Waals surface area contributed by atoms with E-state index in [0.29, 0.717) is 16.8 Å². The predicted octanol–water partition coefficient (Wildman–Crippen LogP) is 6.54. The highest BCUT2D eigenvalue weighted by molar-refractivity contribution is 7.18. The molecule has 35 heavy (non-hydrogen) atoms. The summed E-state index contributed by atoms with van der Waals surface area (Å²) in [7, 11) is 0. The third-order valence-corrected chi connectivity index (χ3v) is 6.29. The summed E-state index contributed by atoms with van der Waals surface area (Å²) >= 11 is 1.11. The summed E-state index contributed by atoms with van der Waals surface area (Å²) < 4.78 is 5.07. The number of hydrogen-bond acceptors (Lipinski definition) is 6. The average Bonchev–Trinajstić information content (AvgIpc) is 3.26. The lowest BCUT2D eigenvalue weighted by Gasteiger charge is -2.23. The molecule has 0 radical (unpaired) electrons. The topological polar surface area (TPSA) is 110 Å². The quantitative estimate of drug-likeness (QED) is 0.180. The number of hydrogen-bond donors (Lipinski definition) is 1. The number of benzene rings is 3. The first kappa shape index (κ1) is 23.7. The summed E-state index contributed by atoms with van der Waals surface area (Å²) in [6, 6.07) is 23.9. The Morgan fingerprint density at radius 1 is 1.00 bits per heavy atom. The maximum absolute atomic E-state index is 13.6. The van der Waals surface area contributed by atoms with Crippen LogP contribution in [0.5, 0.6) is 5.06 Å². The number of non-ortho nitro benzene ring substituents is 1. The van der Waals surface area contributed by atoms with E-state index in [0.717, 1.165) is 27.3 Å². The zero-order chi connectivity index (χ0) is 24.9. The largest absolute Gasteiger partial charge is 0.512 e. The van der Waals surface area contributed by atoms with Crippen molar-refractivity contribution in [3.05, 3.63) is 112 Å². The zero-order valence-corrected chi connectivity index (χ0v) is 19.4. The third-order valence-electron chi connectivity index (χ3n) is 5.24. The Labute approximate surface area is 204 Å². The molecular weight excluding hydrogens is 468 g/mol. The van der Waals surface area contributed by atoms with Crippen molar-refractivity contribution < 1.29 is 24.4 Å². The molecule has 4 aromatic rings. The number of carbonyl (C=O) groups excluding carboxylic acids is 1. The Bertz CT molecular complexity index is 1370. The first-order valence-corrected chi connectivity index (χ1v) is 11.4. The molecule has 9 heteroatoms. The molecule has 1 amide bonds. The van der Waals surface area contributed by atoms with Gasteiger partial charge < -0.3 is 9.84 Å². The predicted molar refractivity (Wildman–Crippen MR) is 133 cm³/mol. The summed E-state index contributed by atoms with van der Waals surface area (Å²) in [4.78, 5) is 37.8. The maximum atomic E-state index is 13.6.